The molecule has 0 N–H and O–H groups in total. The molecule has 0 saturated heterocycles. The first kappa shape index (κ1) is 18.9. The zero-order valence-corrected chi connectivity index (χ0v) is 13.6. The van der Waals surface area contributed by atoms with Gasteiger partial charge in [-0.3, -0.25) is 0 Å². The van der Waals surface area contributed by atoms with Gasteiger partial charge in [0.1, 0.15) is 6.61 Å². The monoisotopic (exact) mass is 286 g/mol. The van der Waals surface area contributed by atoms with Gasteiger partial charge in [0.15, 0.2) is 0 Å². The van der Waals surface area contributed by atoms with Gasteiger partial charge in [0, 0.05) is 0 Å². The second kappa shape index (κ2) is 11.7. The van der Waals surface area contributed by atoms with Gasteiger partial charge in [-0.15, -0.1) is 0 Å². The second-order valence-electron chi connectivity index (χ2n) is 4.22. The van der Waals surface area contributed by atoms with Crippen LogP contribution < -0.4 is 0 Å². The fraction of sp³-hybridized carbons (Fsp3) is 0.316. The van der Waals surface area contributed by atoms with Crippen molar-refractivity contribution in [3.63, 3.8) is 0 Å². The maximum atomic E-state index is 11.9. The topological polar surface area (TPSA) is 26.3 Å². The number of allylic oxidation sites excluding steroid dienone is 3. The summed E-state index contributed by atoms with van der Waals surface area (Å²) < 4.78 is 5.25. The highest BCUT2D eigenvalue weighted by Crippen LogP contribution is 2.09. The van der Waals surface area contributed by atoms with E-state index in [0.717, 1.165) is 17.6 Å². The Labute approximate surface area is 128 Å². The lowest BCUT2D eigenvalue weighted by Gasteiger charge is -2.05. The van der Waals surface area contributed by atoms with Crippen LogP contribution in [-0.4, -0.2) is 5.97 Å². The average Bonchev–Trinajstić information content (AvgIpc) is 2.53. The van der Waals surface area contributed by atoms with E-state index in [4.69, 9.17) is 4.74 Å². The van der Waals surface area contributed by atoms with Gasteiger partial charge in [-0.1, -0.05) is 75.4 Å². The Bertz CT molecular complexity index is 482. The third-order valence-corrected chi connectivity index (χ3v) is 2.58. The molecule has 0 saturated carbocycles. The highest BCUT2D eigenvalue weighted by molar-refractivity contribution is 5.91. The predicted molar refractivity (Wildman–Crippen MR) is 89.9 cm³/mol. The molecule has 2 nitrogen and oxygen atoms in total. The molecule has 0 atom stereocenters. The second-order valence-corrected chi connectivity index (χ2v) is 4.22. The number of carbonyl (C=O) groups is 1. The van der Waals surface area contributed by atoms with Crippen molar-refractivity contribution in [1.29, 1.82) is 0 Å². The summed E-state index contributed by atoms with van der Waals surface area (Å²) in [7, 11) is 0. The number of benzene rings is 1. The third-order valence-electron chi connectivity index (χ3n) is 2.58. The Morgan fingerprint density at radius 3 is 2.38 bits per heavy atom. The van der Waals surface area contributed by atoms with E-state index in [9.17, 15) is 4.79 Å². The number of rotatable bonds is 6. The third kappa shape index (κ3) is 7.93. The molecule has 21 heavy (non-hydrogen) atoms. The average molecular weight is 286 g/mol. The van der Waals surface area contributed by atoms with Crippen LogP contribution in [-0.2, 0) is 16.1 Å². The molecule has 1 aromatic carbocycles. The van der Waals surface area contributed by atoms with Gasteiger partial charge in [-0.05, 0) is 25.0 Å². The van der Waals surface area contributed by atoms with Gasteiger partial charge in [0.2, 0.25) is 0 Å². The van der Waals surface area contributed by atoms with Crippen LogP contribution in [0.4, 0.5) is 0 Å². The number of hydrogen-bond acceptors (Lipinski definition) is 2. The zero-order valence-electron chi connectivity index (χ0n) is 13.6. The lowest BCUT2D eigenvalue weighted by atomic mass is 10.1. The van der Waals surface area contributed by atoms with Gasteiger partial charge >= 0.3 is 5.97 Å². The summed E-state index contributed by atoms with van der Waals surface area (Å²) in [5, 5.41) is 0. The van der Waals surface area contributed by atoms with Crippen LogP contribution in [0.15, 0.2) is 66.3 Å². The van der Waals surface area contributed by atoms with Crippen molar-refractivity contribution in [2.45, 2.75) is 40.7 Å². The maximum Gasteiger partial charge on any atom is 0.338 e. The van der Waals surface area contributed by atoms with E-state index in [-0.39, 0.29) is 12.6 Å². The van der Waals surface area contributed by atoms with Crippen molar-refractivity contribution < 1.29 is 9.53 Å². The molecule has 0 spiro atoms. The molecule has 0 amide bonds. The summed E-state index contributed by atoms with van der Waals surface area (Å²) in [6, 6.07) is 9.61. The fourth-order valence-corrected chi connectivity index (χ4v) is 1.63. The van der Waals surface area contributed by atoms with E-state index < -0.39 is 0 Å². The molecule has 2 heteroatoms. The van der Waals surface area contributed by atoms with Crippen LogP contribution >= 0.6 is 0 Å². The van der Waals surface area contributed by atoms with Gasteiger partial charge in [-0.2, -0.15) is 0 Å². The van der Waals surface area contributed by atoms with Gasteiger partial charge in [0.25, 0.3) is 0 Å². The first-order chi connectivity index (χ1) is 10.2. The SMILES string of the molecule is C=C/C(=C\C(C)=C/CC)C(=O)OCc1ccccc1.CC. The van der Waals surface area contributed by atoms with Gasteiger partial charge in [-0.25, -0.2) is 4.79 Å². The molecule has 0 unspecified atom stereocenters. The molecular formula is C19H26O2. The lowest BCUT2D eigenvalue weighted by Crippen LogP contribution is -2.06. The van der Waals surface area contributed by atoms with E-state index in [2.05, 4.69) is 13.5 Å². The summed E-state index contributed by atoms with van der Waals surface area (Å²) in [4.78, 5) is 11.9. The molecule has 0 aromatic heterocycles. The highest BCUT2D eigenvalue weighted by Gasteiger charge is 2.07. The van der Waals surface area contributed by atoms with Crippen molar-refractivity contribution in [2.75, 3.05) is 0 Å². The maximum absolute atomic E-state index is 11.9. The van der Waals surface area contributed by atoms with Crippen molar-refractivity contribution >= 4 is 5.97 Å². The van der Waals surface area contributed by atoms with Crippen molar-refractivity contribution in [3.05, 3.63) is 71.8 Å². The molecule has 0 heterocycles. The smallest absolute Gasteiger partial charge is 0.338 e. The highest BCUT2D eigenvalue weighted by atomic mass is 16.5. The van der Waals surface area contributed by atoms with Crippen molar-refractivity contribution in [3.8, 4) is 0 Å². The molecule has 1 aromatic rings. The lowest BCUT2D eigenvalue weighted by molar-refractivity contribution is -0.139. The van der Waals surface area contributed by atoms with Gasteiger partial charge in [0.05, 0.1) is 5.57 Å². The largest absolute Gasteiger partial charge is 0.457 e. The fourth-order valence-electron chi connectivity index (χ4n) is 1.63. The summed E-state index contributed by atoms with van der Waals surface area (Å²) in [5.74, 6) is -0.345. The number of esters is 1. The van der Waals surface area contributed by atoms with Crippen molar-refractivity contribution in [2.24, 2.45) is 0 Å². The van der Waals surface area contributed by atoms with Crippen LogP contribution in [0.25, 0.3) is 0 Å². The van der Waals surface area contributed by atoms with Gasteiger partial charge < -0.3 is 4.74 Å². The number of ether oxygens (including phenoxy) is 1. The Hall–Kier alpha value is -2.09. The molecule has 0 bridgehead atoms. The normalized spacial score (nSPS) is 11.2. The molecule has 0 aliphatic carbocycles. The standard InChI is InChI=1S/C17H20O2.C2H6/c1-4-9-14(3)12-16(5-2)17(18)19-13-15-10-7-6-8-11-15;1-2/h5-12H,2,4,13H2,1,3H3;1-2H3/b14-9-,16-12+;. The van der Waals surface area contributed by atoms with E-state index in [0.29, 0.717) is 5.57 Å². The minimum atomic E-state index is -0.345. The summed E-state index contributed by atoms with van der Waals surface area (Å²) in [6.07, 6.45) is 6.31. The minimum absolute atomic E-state index is 0.279. The van der Waals surface area contributed by atoms with Crippen LogP contribution in [0, 0.1) is 0 Å². The predicted octanol–water partition coefficient (Wildman–Crippen LogP) is 5.22. The molecule has 0 fully saturated rings. The molecule has 0 aliphatic rings. The summed E-state index contributed by atoms with van der Waals surface area (Å²) in [5.41, 5.74) is 2.49. The zero-order chi connectivity index (χ0) is 16.1. The molecule has 0 radical (unpaired) electrons. The Kier molecular flexibility index (Phi) is 10.5. The van der Waals surface area contributed by atoms with Crippen LogP contribution in [0.3, 0.4) is 0 Å². The molecule has 1 rings (SSSR count). The Morgan fingerprint density at radius 1 is 1.24 bits per heavy atom. The number of carbonyl (C=O) groups excluding carboxylic acids is 1. The quantitative estimate of drug-likeness (QED) is 0.407. The Morgan fingerprint density at radius 2 is 1.86 bits per heavy atom. The first-order valence-electron chi connectivity index (χ1n) is 7.39. The van der Waals surface area contributed by atoms with Crippen LogP contribution in [0.2, 0.25) is 0 Å². The molecule has 0 aliphatic heterocycles. The first-order valence-corrected chi connectivity index (χ1v) is 7.39. The summed E-state index contributed by atoms with van der Waals surface area (Å²) in [6.45, 7) is 11.9. The Balaban J connectivity index is 0.00000191. The van der Waals surface area contributed by atoms with E-state index >= 15 is 0 Å². The van der Waals surface area contributed by atoms with E-state index in [1.807, 2.05) is 57.2 Å². The van der Waals surface area contributed by atoms with E-state index in [1.165, 1.54) is 6.08 Å². The molecular weight excluding hydrogens is 260 g/mol. The number of hydrogen-bond donors (Lipinski definition) is 0. The van der Waals surface area contributed by atoms with Crippen molar-refractivity contribution in [1.82, 2.24) is 0 Å². The molecule has 114 valence electrons. The summed E-state index contributed by atoms with van der Waals surface area (Å²) >= 11 is 0. The minimum Gasteiger partial charge on any atom is -0.457 e. The van der Waals surface area contributed by atoms with Crippen LogP contribution in [0.1, 0.15) is 39.7 Å². The van der Waals surface area contributed by atoms with E-state index in [1.54, 1.807) is 6.08 Å². The van der Waals surface area contributed by atoms with Crippen LogP contribution in [0.5, 0.6) is 0 Å².